The largest absolute Gasteiger partial charge is 0.479 e. The van der Waals surface area contributed by atoms with Gasteiger partial charge in [0, 0.05) is 0 Å². The Morgan fingerprint density at radius 1 is 1.33 bits per heavy atom. The van der Waals surface area contributed by atoms with Gasteiger partial charge in [-0.05, 0) is 0 Å². The Morgan fingerprint density at radius 3 is 2.00 bits per heavy atom. The highest BCUT2D eigenvalue weighted by Gasteiger charge is 2.28. The normalized spacial score (nSPS) is 17.1. The number of aliphatic carboxylic acids is 1. The third kappa shape index (κ3) is 4.27. The molecule has 72 valence electrons. The number of likely N-dealkylation sites (N-methyl/N-ethyl adjacent to an activating group) is 1. The lowest BCUT2D eigenvalue weighted by molar-refractivity contribution is -0.873. The van der Waals surface area contributed by atoms with Crippen LogP contribution in [0.5, 0.6) is 0 Å². The number of hydrogen-bond donors (Lipinski definition) is 3. The van der Waals surface area contributed by atoms with Gasteiger partial charge in [0.05, 0.1) is 21.1 Å². The summed E-state index contributed by atoms with van der Waals surface area (Å²) in [4.78, 5) is 10.2. The summed E-state index contributed by atoms with van der Waals surface area (Å²) in [5.41, 5.74) is 0. The van der Waals surface area contributed by atoms with E-state index in [4.69, 9.17) is 10.2 Å². The predicted molar refractivity (Wildman–Crippen MR) is 42.5 cm³/mol. The molecule has 0 rings (SSSR count). The molecule has 0 unspecified atom stereocenters. The van der Waals surface area contributed by atoms with Crippen molar-refractivity contribution in [2.45, 2.75) is 12.2 Å². The lowest BCUT2D eigenvalue weighted by Gasteiger charge is -2.27. The molecule has 0 heterocycles. The van der Waals surface area contributed by atoms with Crippen molar-refractivity contribution in [1.82, 2.24) is 0 Å². The van der Waals surface area contributed by atoms with Gasteiger partial charge in [-0.1, -0.05) is 0 Å². The molecule has 0 aromatic rings. The van der Waals surface area contributed by atoms with Crippen molar-refractivity contribution in [2.24, 2.45) is 0 Å². The van der Waals surface area contributed by atoms with Crippen molar-refractivity contribution in [3.8, 4) is 0 Å². The minimum absolute atomic E-state index is 0.202. The highest BCUT2D eigenvalue weighted by molar-refractivity contribution is 5.72. The maximum atomic E-state index is 10.2. The first-order chi connectivity index (χ1) is 5.24. The van der Waals surface area contributed by atoms with Crippen LogP contribution < -0.4 is 0 Å². The first-order valence-corrected chi connectivity index (χ1v) is 3.63. The molecule has 5 heteroatoms. The zero-order chi connectivity index (χ0) is 9.94. The summed E-state index contributed by atoms with van der Waals surface area (Å²) in [5, 5.41) is 26.4. The Kier molecular flexibility index (Phi) is 3.63. The van der Waals surface area contributed by atoms with E-state index in [2.05, 4.69) is 0 Å². The molecule has 0 aromatic carbocycles. The molecule has 0 spiro atoms. The van der Waals surface area contributed by atoms with Gasteiger partial charge in [-0.15, -0.1) is 0 Å². The van der Waals surface area contributed by atoms with Crippen LogP contribution in [0.4, 0.5) is 0 Å². The standard InChI is InChI=1S/C7H15NO4/c1-8(2,3)4-5(9)6(10)7(11)12/h5-6,9-10H,4H2,1-3H3/p+1/t5-,6+/m1/s1. The van der Waals surface area contributed by atoms with E-state index in [1.54, 1.807) is 21.1 Å². The average molecular weight is 178 g/mol. The Morgan fingerprint density at radius 2 is 1.75 bits per heavy atom. The molecule has 0 aromatic heterocycles. The van der Waals surface area contributed by atoms with Gasteiger partial charge >= 0.3 is 5.97 Å². The number of rotatable bonds is 4. The number of carboxylic acid groups (broad SMARTS) is 1. The van der Waals surface area contributed by atoms with E-state index in [0.29, 0.717) is 4.48 Å². The fourth-order valence-electron chi connectivity index (χ4n) is 0.826. The van der Waals surface area contributed by atoms with Crippen molar-refractivity contribution in [3.63, 3.8) is 0 Å². The van der Waals surface area contributed by atoms with Gasteiger partial charge in [-0.2, -0.15) is 0 Å². The molecule has 0 aliphatic rings. The third-order valence-electron chi connectivity index (χ3n) is 1.35. The van der Waals surface area contributed by atoms with E-state index in [1.165, 1.54) is 0 Å². The van der Waals surface area contributed by atoms with Crippen LogP contribution in [0.25, 0.3) is 0 Å². The van der Waals surface area contributed by atoms with E-state index >= 15 is 0 Å². The van der Waals surface area contributed by atoms with Gasteiger partial charge in [-0.3, -0.25) is 0 Å². The maximum absolute atomic E-state index is 10.2. The Labute approximate surface area is 71.4 Å². The fraction of sp³-hybridized carbons (Fsp3) is 0.857. The van der Waals surface area contributed by atoms with Crippen LogP contribution in [0.1, 0.15) is 0 Å². The molecule has 3 N–H and O–H groups in total. The number of aliphatic hydroxyl groups excluding tert-OH is 2. The molecule has 5 nitrogen and oxygen atoms in total. The monoisotopic (exact) mass is 178 g/mol. The van der Waals surface area contributed by atoms with Crippen LogP contribution in [0.3, 0.4) is 0 Å². The van der Waals surface area contributed by atoms with Crippen LogP contribution in [-0.4, -0.2) is 65.7 Å². The highest BCUT2D eigenvalue weighted by atomic mass is 16.4. The SMILES string of the molecule is C[N+](C)(C)C[C@@H](O)[C@H](O)C(=O)O. The number of hydrogen-bond acceptors (Lipinski definition) is 3. The molecule has 0 aliphatic heterocycles. The van der Waals surface area contributed by atoms with E-state index in [-0.39, 0.29) is 6.54 Å². The Hall–Kier alpha value is -0.650. The Balaban J connectivity index is 4.04. The summed E-state index contributed by atoms with van der Waals surface area (Å²) >= 11 is 0. The average Bonchev–Trinajstić information content (AvgIpc) is 1.82. The summed E-state index contributed by atoms with van der Waals surface area (Å²) in [6.07, 6.45) is -2.91. The van der Waals surface area contributed by atoms with Crippen LogP contribution in [0.15, 0.2) is 0 Å². The van der Waals surface area contributed by atoms with Crippen molar-refractivity contribution >= 4 is 5.97 Å². The number of carbonyl (C=O) groups is 1. The zero-order valence-electron chi connectivity index (χ0n) is 7.56. The second-order valence-corrected chi connectivity index (χ2v) is 3.82. The topological polar surface area (TPSA) is 77.8 Å². The van der Waals surface area contributed by atoms with Crippen molar-refractivity contribution in [2.75, 3.05) is 27.7 Å². The van der Waals surface area contributed by atoms with Gasteiger partial charge in [0.1, 0.15) is 12.6 Å². The minimum atomic E-state index is -1.69. The van der Waals surface area contributed by atoms with Crippen LogP contribution in [0.2, 0.25) is 0 Å². The second-order valence-electron chi connectivity index (χ2n) is 3.82. The quantitative estimate of drug-likeness (QED) is 0.458. The van der Waals surface area contributed by atoms with E-state index in [1.807, 2.05) is 0 Å². The zero-order valence-corrected chi connectivity index (χ0v) is 7.56. The van der Waals surface area contributed by atoms with Crippen LogP contribution >= 0.6 is 0 Å². The molecule has 0 aliphatic carbocycles. The summed E-state index contributed by atoms with van der Waals surface area (Å²) in [5.74, 6) is -1.39. The maximum Gasteiger partial charge on any atom is 0.335 e. The number of aliphatic hydroxyl groups is 2. The molecule has 2 atom stereocenters. The van der Waals surface area contributed by atoms with Gasteiger partial charge in [-0.25, -0.2) is 4.79 Å². The fourth-order valence-corrected chi connectivity index (χ4v) is 0.826. The molecule has 0 radical (unpaired) electrons. The van der Waals surface area contributed by atoms with Crippen molar-refractivity contribution < 1.29 is 24.6 Å². The molecule has 0 saturated heterocycles. The van der Waals surface area contributed by atoms with E-state index < -0.39 is 18.2 Å². The first kappa shape index (κ1) is 11.4. The molecular formula is C7H16NO4+. The molecule has 0 bridgehead atoms. The van der Waals surface area contributed by atoms with Crippen molar-refractivity contribution in [1.29, 1.82) is 0 Å². The number of nitrogens with zero attached hydrogens (tertiary/aromatic N) is 1. The molecule has 0 amide bonds. The summed E-state index contributed by atoms with van der Waals surface area (Å²) in [7, 11) is 5.41. The van der Waals surface area contributed by atoms with Crippen molar-refractivity contribution in [3.05, 3.63) is 0 Å². The smallest absolute Gasteiger partial charge is 0.335 e. The molecule has 0 fully saturated rings. The number of quaternary nitrogens is 1. The second kappa shape index (κ2) is 3.84. The lowest BCUT2D eigenvalue weighted by Crippen LogP contribution is -2.48. The van der Waals surface area contributed by atoms with Gasteiger partial charge in [0.25, 0.3) is 0 Å². The van der Waals surface area contributed by atoms with E-state index in [0.717, 1.165) is 0 Å². The van der Waals surface area contributed by atoms with Gasteiger partial charge < -0.3 is 19.8 Å². The Bertz CT molecular complexity index is 163. The van der Waals surface area contributed by atoms with E-state index in [9.17, 15) is 9.90 Å². The third-order valence-corrected chi connectivity index (χ3v) is 1.35. The summed E-state index contributed by atoms with van der Waals surface area (Å²) < 4.78 is 0.408. The highest BCUT2D eigenvalue weighted by Crippen LogP contribution is 2.00. The van der Waals surface area contributed by atoms with Gasteiger partial charge in [0.15, 0.2) is 6.10 Å². The molecule has 0 saturated carbocycles. The minimum Gasteiger partial charge on any atom is -0.479 e. The number of carboxylic acids is 1. The van der Waals surface area contributed by atoms with Crippen LogP contribution in [-0.2, 0) is 4.79 Å². The molecule has 12 heavy (non-hydrogen) atoms. The van der Waals surface area contributed by atoms with Crippen LogP contribution in [0, 0.1) is 0 Å². The summed E-state index contributed by atoms with van der Waals surface area (Å²) in [6, 6.07) is 0. The lowest BCUT2D eigenvalue weighted by atomic mass is 10.2. The van der Waals surface area contributed by atoms with Gasteiger partial charge in [0.2, 0.25) is 0 Å². The molecular weight excluding hydrogens is 162 g/mol. The first-order valence-electron chi connectivity index (χ1n) is 3.63. The predicted octanol–water partition coefficient (Wildman–Crippen LogP) is -1.50. The summed E-state index contributed by atoms with van der Waals surface area (Å²) in [6.45, 7) is 0.202.